The normalized spacial score (nSPS) is 12.1. The number of hydrogen-bond acceptors (Lipinski definition) is 3. The van der Waals surface area contributed by atoms with Crippen LogP contribution in [-0.2, 0) is 12.8 Å². The lowest BCUT2D eigenvalue weighted by atomic mass is 10.0. The van der Waals surface area contributed by atoms with Gasteiger partial charge in [-0.3, -0.25) is 4.98 Å². The van der Waals surface area contributed by atoms with E-state index in [-0.39, 0.29) is 6.04 Å². The van der Waals surface area contributed by atoms with Crippen LogP contribution in [-0.4, -0.2) is 18.1 Å². The molecule has 1 atom stereocenters. The maximum Gasteiger partial charge on any atom is 0.119 e. The average molecular weight is 242 g/mol. The minimum Gasteiger partial charge on any atom is -0.497 e. The van der Waals surface area contributed by atoms with Gasteiger partial charge in [0, 0.05) is 24.4 Å². The number of rotatable bonds is 5. The maximum atomic E-state index is 6.15. The summed E-state index contributed by atoms with van der Waals surface area (Å²) < 4.78 is 5.20. The lowest BCUT2D eigenvalue weighted by Crippen LogP contribution is -2.25. The summed E-state index contributed by atoms with van der Waals surface area (Å²) in [5, 5.41) is 0. The Kier molecular flexibility index (Phi) is 4.31. The molecule has 18 heavy (non-hydrogen) atoms. The molecule has 1 aromatic heterocycles. The predicted octanol–water partition coefficient (Wildman–Crippen LogP) is 2.20. The van der Waals surface area contributed by atoms with Crippen molar-refractivity contribution in [2.45, 2.75) is 18.9 Å². The van der Waals surface area contributed by atoms with Crippen LogP contribution in [0.2, 0.25) is 0 Å². The molecule has 2 rings (SSSR count). The second kappa shape index (κ2) is 6.17. The summed E-state index contributed by atoms with van der Waals surface area (Å²) in [5.41, 5.74) is 8.38. The highest BCUT2D eigenvalue weighted by atomic mass is 16.5. The summed E-state index contributed by atoms with van der Waals surface area (Å²) in [6.07, 6.45) is 3.42. The summed E-state index contributed by atoms with van der Waals surface area (Å²) in [6.45, 7) is 0. The van der Waals surface area contributed by atoms with Gasteiger partial charge in [-0.05, 0) is 36.2 Å². The van der Waals surface area contributed by atoms with E-state index in [0.29, 0.717) is 0 Å². The van der Waals surface area contributed by atoms with Gasteiger partial charge in [-0.1, -0.05) is 18.2 Å². The molecule has 1 unspecified atom stereocenters. The number of nitrogens with zero attached hydrogens (tertiary/aromatic N) is 1. The third kappa shape index (κ3) is 3.57. The molecule has 94 valence electrons. The quantitative estimate of drug-likeness (QED) is 0.874. The van der Waals surface area contributed by atoms with Crippen LogP contribution in [0.3, 0.4) is 0 Å². The molecule has 0 aliphatic heterocycles. The summed E-state index contributed by atoms with van der Waals surface area (Å²) in [7, 11) is 1.67. The van der Waals surface area contributed by atoms with Crippen molar-refractivity contribution >= 4 is 0 Å². The molecular formula is C15H18N2O. The molecule has 1 aromatic carbocycles. The van der Waals surface area contributed by atoms with Crippen LogP contribution in [0.15, 0.2) is 48.7 Å². The van der Waals surface area contributed by atoms with Gasteiger partial charge in [-0.15, -0.1) is 0 Å². The van der Waals surface area contributed by atoms with E-state index in [1.807, 2.05) is 36.4 Å². The largest absolute Gasteiger partial charge is 0.497 e. The molecule has 2 N–H and O–H groups in total. The second-order valence-corrected chi connectivity index (χ2v) is 4.34. The van der Waals surface area contributed by atoms with E-state index in [1.165, 1.54) is 5.56 Å². The van der Waals surface area contributed by atoms with Gasteiger partial charge in [-0.25, -0.2) is 0 Å². The fourth-order valence-electron chi connectivity index (χ4n) is 1.96. The Morgan fingerprint density at radius 2 is 2.06 bits per heavy atom. The van der Waals surface area contributed by atoms with E-state index in [0.717, 1.165) is 24.3 Å². The van der Waals surface area contributed by atoms with Gasteiger partial charge in [0.05, 0.1) is 7.11 Å². The molecule has 3 nitrogen and oxygen atoms in total. The predicted molar refractivity (Wildman–Crippen MR) is 72.6 cm³/mol. The zero-order chi connectivity index (χ0) is 12.8. The van der Waals surface area contributed by atoms with E-state index in [2.05, 4.69) is 11.1 Å². The van der Waals surface area contributed by atoms with Gasteiger partial charge in [0.2, 0.25) is 0 Å². The first-order chi connectivity index (χ1) is 8.78. The third-order valence-corrected chi connectivity index (χ3v) is 2.83. The Hall–Kier alpha value is -1.87. The molecule has 0 amide bonds. The minimum atomic E-state index is 0.0759. The monoisotopic (exact) mass is 242 g/mol. The van der Waals surface area contributed by atoms with Crippen LogP contribution >= 0.6 is 0 Å². The standard InChI is InChI=1S/C15H18N2O/c1-18-15-7-4-5-12(10-15)9-13(16)11-14-6-2-3-8-17-14/h2-8,10,13H,9,11,16H2,1H3. The van der Waals surface area contributed by atoms with Gasteiger partial charge in [0.15, 0.2) is 0 Å². The molecule has 1 heterocycles. The Balaban J connectivity index is 1.96. The lowest BCUT2D eigenvalue weighted by molar-refractivity contribution is 0.414. The zero-order valence-corrected chi connectivity index (χ0v) is 10.5. The fraction of sp³-hybridized carbons (Fsp3) is 0.267. The Labute approximate surface area is 108 Å². The Morgan fingerprint density at radius 1 is 1.17 bits per heavy atom. The molecular weight excluding hydrogens is 224 g/mol. The molecule has 0 spiro atoms. The van der Waals surface area contributed by atoms with E-state index < -0.39 is 0 Å². The molecule has 0 fully saturated rings. The van der Waals surface area contributed by atoms with Crippen molar-refractivity contribution in [2.24, 2.45) is 5.73 Å². The van der Waals surface area contributed by atoms with Crippen molar-refractivity contribution in [2.75, 3.05) is 7.11 Å². The van der Waals surface area contributed by atoms with E-state index in [1.54, 1.807) is 13.3 Å². The summed E-state index contributed by atoms with van der Waals surface area (Å²) in [5.74, 6) is 0.873. The van der Waals surface area contributed by atoms with Crippen LogP contribution in [0, 0.1) is 0 Å². The molecule has 0 saturated carbocycles. The molecule has 0 aliphatic rings. The first kappa shape index (κ1) is 12.6. The van der Waals surface area contributed by atoms with Crippen LogP contribution in [0.5, 0.6) is 5.75 Å². The van der Waals surface area contributed by atoms with Crippen molar-refractivity contribution in [1.29, 1.82) is 0 Å². The SMILES string of the molecule is COc1cccc(CC(N)Cc2ccccn2)c1. The van der Waals surface area contributed by atoms with Crippen molar-refractivity contribution in [3.05, 3.63) is 59.9 Å². The van der Waals surface area contributed by atoms with E-state index in [9.17, 15) is 0 Å². The first-order valence-electron chi connectivity index (χ1n) is 6.06. The fourth-order valence-corrected chi connectivity index (χ4v) is 1.96. The van der Waals surface area contributed by atoms with Crippen LogP contribution in [0.4, 0.5) is 0 Å². The Morgan fingerprint density at radius 3 is 2.78 bits per heavy atom. The number of methoxy groups -OCH3 is 1. The van der Waals surface area contributed by atoms with Crippen molar-refractivity contribution < 1.29 is 4.74 Å². The number of benzene rings is 1. The van der Waals surface area contributed by atoms with E-state index in [4.69, 9.17) is 10.5 Å². The highest BCUT2D eigenvalue weighted by Gasteiger charge is 2.06. The van der Waals surface area contributed by atoms with Crippen molar-refractivity contribution in [3.63, 3.8) is 0 Å². The topological polar surface area (TPSA) is 48.1 Å². The van der Waals surface area contributed by atoms with Gasteiger partial charge < -0.3 is 10.5 Å². The average Bonchev–Trinajstić information content (AvgIpc) is 2.40. The highest BCUT2D eigenvalue weighted by molar-refractivity contribution is 5.29. The summed E-state index contributed by atoms with van der Waals surface area (Å²) in [4.78, 5) is 4.29. The number of aromatic nitrogens is 1. The Bertz CT molecular complexity index is 485. The lowest BCUT2D eigenvalue weighted by Gasteiger charge is -2.11. The third-order valence-electron chi connectivity index (χ3n) is 2.83. The maximum absolute atomic E-state index is 6.15. The van der Waals surface area contributed by atoms with Gasteiger partial charge >= 0.3 is 0 Å². The molecule has 2 aromatic rings. The molecule has 0 saturated heterocycles. The number of ether oxygens (including phenoxy) is 1. The molecule has 3 heteroatoms. The van der Waals surface area contributed by atoms with Crippen LogP contribution in [0.1, 0.15) is 11.3 Å². The number of nitrogens with two attached hydrogens (primary N) is 1. The van der Waals surface area contributed by atoms with Crippen molar-refractivity contribution in [3.8, 4) is 5.75 Å². The zero-order valence-electron chi connectivity index (χ0n) is 10.5. The first-order valence-corrected chi connectivity index (χ1v) is 6.06. The summed E-state index contributed by atoms with van der Waals surface area (Å²) >= 11 is 0. The highest BCUT2D eigenvalue weighted by Crippen LogP contribution is 2.14. The number of hydrogen-bond donors (Lipinski definition) is 1. The summed E-state index contributed by atoms with van der Waals surface area (Å²) in [6, 6.07) is 14.0. The molecule has 0 aliphatic carbocycles. The molecule has 0 bridgehead atoms. The van der Waals surface area contributed by atoms with E-state index >= 15 is 0 Å². The molecule has 0 radical (unpaired) electrons. The van der Waals surface area contributed by atoms with Gasteiger partial charge in [-0.2, -0.15) is 0 Å². The van der Waals surface area contributed by atoms with Gasteiger partial charge in [0.25, 0.3) is 0 Å². The van der Waals surface area contributed by atoms with Crippen LogP contribution in [0.25, 0.3) is 0 Å². The van der Waals surface area contributed by atoms with Crippen LogP contribution < -0.4 is 10.5 Å². The second-order valence-electron chi connectivity index (χ2n) is 4.34. The van der Waals surface area contributed by atoms with Gasteiger partial charge in [0.1, 0.15) is 5.75 Å². The van der Waals surface area contributed by atoms with Crippen molar-refractivity contribution in [1.82, 2.24) is 4.98 Å². The minimum absolute atomic E-state index is 0.0759. The number of pyridine rings is 1. The smallest absolute Gasteiger partial charge is 0.119 e.